The number of halogens is 1. The first-order valence-electron chi connectivity index (χ1n) is 9.07. The van der Waals surface area contributed by atoms with Gasteiger partial charge in [0.2, 0.25) is 5.75 Å². The Hall–Kier alpha value is -2.86. The highest BCUT2D eigenvalue weighted by Gasteiger charge is 2.21. The standard InChI is InChI=1S/C22H25ClO6/c1-6-8-15-16(28-11-7-2)9-10-17(20(15)23)29-21-18(25-3)12-14(22(24)27-5)13-19(21)26-4/h6,9-10,12-13H,1,7-8,11H2,2-5H3. The van der Waals surface area contributed by atoms with Gasteiger partial charge in [0, 0.05) is 5.56 Å². The molecule has 0 aliphatic carbocycles. The molecule has 0 bridgehead atoms. The summed E-state index contributed by atoms with van der Waals surface area (Å²) in [7, 11) is 4.24. The number of carbonyl (C=O) groups excluding carboxylic acids is 1. The van der Waals surface area contributed by atoms with Crippen molar-refractivity contribution in [2.45, 2.75) is 19.8 Å². The van der Waals surface area contributed by atoms with Crippen LogP contribution in [0.4, 0.5) is 0 Å². The van der Waals surface area contributed by atoms with E-state index >= 15 is 0 Å². The van der Waals surface area contributed by atoms with Gasteiger partial charge in [-0.15, -0.1) is 6.58 Å². The quantitative estimate of drug-likeness (QED) is 0.376. The molecule has 7 heteroatoms. The van der Waals surface area contributed by atoms with Crippen LogP contribution in [0.2, 0.25) is 5.02 Å². The number of carbonyl (C=O) groups is 1. The summed E-state index contributed by atoms with van der Waals surface area (Å²) < 4.78 is 27.4. The molecule has 29 heavy (non-hydrogen) atoms. The van der Waals surface area contributed by atoms with Crippen LogP contribution in [-0.2, 0) is 11.2 Å². The maximum absolute atomic E-state index is 11.9. The molecule has 2 aromatic carbocycles. The number of rotatable bonds is 10. The van der Waals surface area contributed by atoms with Gasteiger partial charge in [0.25, 0.3) is 0 Å². The fourth-order valence-corrected chi connectivity index (χ4v) is 2.94. The first-order valence-corrected chi connectivity index (χ1v) is 9.45. The van der Waals surface area contributed by atoms with Gasteiger partial charge in [0.15, 0.2) is 11.5 Å². The van der Waals surface area contributed by atoms with Gasteiger partial charge in [-0.05, 0) is 37.1 Å². The van der Waals surface area contributed by atoms with Gasteiger partial charge in [0.1, 0.15) is 11.5 Å². The van der Waals surface area contributed by atoms with E-state index in [9.17, 15) is 4.79 Å². The predicted molar refractivity (Wildman–Crippen MR) is 112 cm³/mol. The molecular formula is C22H25ClO6. The third-order valence-electron chi connectivity index (χ3n) is 4.07. The van der Waals surface area contributed by atoms with Crippen molar-refractivity contribution in [3.63, 3.8) is 0 Å². The molecule has 0 saturated carbocycles. The molecule has 2 rings (SSSR count). The Labute approximate surface area is 175 Å². The third-order valence-corrected chi connectivity index (χ3v) is 4.48. The first-order chi connectivity index (χ1) is 14.0. The second-order valence-corrected chi connectivity index (χ2v) is 6.38. The van der Waals surface area contributed by atoms with Crippen molar-refractivity contribution >= 4 is 17.6 Å². The van der Waals surface area contributed by atoms with Crippen LogP contribution >= 0.6 is 11.6 Å². The topological polar surface area (TPSA) is 63.2 Å². The van der Waals surface area contributed by atoms with Crippen molar-refractivity contribution < 1.29 is 28.5 Å². The summed E-state index contributed by atoms with van der Waals surface area (Å²) in [6, 6.07) is 6.55. The highest BCUT2D eigenvalue weighted by atomic mass is 35.5. The average molecular weight is 421 g/mol. The molecule has 0 spiro atoms. The molecule has 0 aromatic heterocycles. The number of methoxy groups -OCH3 is 3. The maximum atomic E-state index is 11.9. The van der Waals surface area contributed by atoms with Crippen molar-refractivity contribution in [3.8, 4) is 28.7 Å². The molecule has 156 valence electrons. The van der Waals surface area contributed by atoms with Crippen LogP contribution in [0.5, 0.6) is 28.7 Å². The summed E-state index contributed by atoms with van der Waals surface area (Å²) in [5.41, 5.74) is 1.05. The number of hydrogen-bond acceptors (Lipinski definition) is 6. The Kier molecular flexibility index (Phi) is 8.21. The number of allylic oxidation sites excluding steroid dienone is 1. The third kappa shape index (κ3) is 5.15. The molecule has 0 fully saturated rings. The monoisotopic (exact) mass is 420 g/mol. The zero-order chi connectivity index (χ0) is 21.4. The maximum Gasteiger partial charge on any atom is 0.338 e. The normalized spacial score (nSPS) is 10.2. The van der Waals surface area contributed by atoms with Crippen LogP contribution in [0.1, 0.15) is 29.3 Å². The van der Waals surface area contributed by atoms with E-state index < -0.39 is 5.97 Å². The Bertz CT molecular complexity index is 853. The van der Waals surface area contributed by atoms with Gasteiger partial charge in [-0.25, -0.2) is 4.79 Å². The fourth-order valence-electron chi connectivity index (χ4n) is 2.67. The van der Waals surface area contributed by atoms with Gasteiger partial charge in [-0.1, -0.05) is 24.6 Å². The van der Waals surface area contributed by atoms with Crippen LogP contribution in [0.3, 0.4) is 0 Å². The molecule has 0 saturated heterocycles. The SMILES string of the molecule is C=CCc1c(OCCC)ccc(Oc2c(OC)cc(C(=O)OC)cc2OC)c1Cl. The smallest absolute Gasteiger partial charge is 0.338 e. The van der Waals surface area contributed by atoms with E-state index in [1.807, 2.05) is 6.92 Å². The van der Waals surface area contributed by atoms with Crippen LogP contribution in [0.25, 0.3) is 0 Å². The van der Waals surface area contributed by atoms with E-state index in [4.69, 9.17) is 35.3 Å². The zero-order valence-electron chi connectivity index (χ0n) is 17.0. The predicted octanol–water partition coefficient (Wildman–Crippen LogP) is 5.45. The molecule has 0 radical (unpaired) electrons. The van der Waals surface area contributed by atoms with E-state index in [0.29, 0.717) is 41.0 Å². The van der Waals surface area contributed by atoms with Crippen LogP contribution in [0, 0.1) is 0 Å². The largest absolute Gasteiger partial charge is 0.493 e. The fraction of sp³-hybridized carbons (Fsp3) is 0.318. The molecule has 0 unspecified atom stereocenters. The lowest BCUT2D eigenvalue weighted by Gasteiger charge is -2.18. The molecule has 2 aromatic rings. The molecule has 0 aliphatic heterocycles. The van der Waals surface area contributed by atoms with E-state index in [1.54, 1.807) is 18.2 Å². The summed E-state index contributed by atoms with van der Waals surface area (Å²) in [5.74, 6) is 1.46. The zero-order valence-corrected chi connectivity index (χ0v) is 17.8. The van der Waals surface area contributed by atoms with Crippen LogP contribution in [-0.4, -0.2) is 33.9 Å². The summed E-state index contributed by atoms with van der Waals surface area (Å²) in [4.78, 5) is 11.9. The lowest BCUT2D eigenvalue weighted by molar-refractivity contribution is 0.0600. The summed E-state index contributed by atoms with van der Waals surface area (Å²) >= 11 is 6.61. The van der Waals surface area contributed by atoms with Crippen molar-refractivity contribution in [1.82, 2.24) is 0 Å². The highest BCUT2D eigenvalue weighted by Crippen LogP contribution is 2.45. The van der Waals surface area contributed by atoms with Crippen molar-refractivity contribution in [2.24, 2.45) is 0 Å². The highest BCUT2D eigenvalue weighted by molar-refractivity contribution is 6.33. The molecule has 6 nitrogen and oxygen atoms in total. The van der Waals surface area contributed by atoms with Crippen LogP contribution < -0.4 is 18.9 Å². The number of esters is 1. The van der Waals surface area contributed by atoms with Gasteiger partial charge < -0.3 is 23.7 Å². The van der Waals surface area contributed by atoms with Gasteiger partial charge in [0.05, 0.1) is 38.5 Å². The average Bonchev–Trinajstić information content (AvgIpc) is 2.75. The van der Waals surface area contributed by atoms with Crippen molar-refractivity contribution in [2.75, 3.05) is 27.9 Å². The number of ether oxygens (including phenoxy) is 5. The Morgan fingerprint density at radius 2 is 1.69 bits per heavy atom. The Morgan fingerprint density at radius 3 is 2.21 bits per heavy atom. The van der Waals surface area contributed by atoms with Gasteiger partial charge in [-0.3, -0.25) is 0 Å². The number of benzene rings is 2. The number of hydrogen-bond donors (Lipinski definition) is 0. The molecule has 0 N–H and O–H groups in total. The summed E-state index contributed by atoms with van der Waals surface area (Å²) in [6.45, 7) is 6.39. The van der Waals surface area contributed by atoms with Gasteiger partial charge >= 0.3 is 5.97 Å². The van der Waals surface area contributed by atoms with Crippen LogP contribution in [0.15, 0.2) is 36.9 Å². The molecule has 0 heterocycles. The van der Waals surface area contributed by atoms with E-state index in [-0.39, 0.29) is 11.3 Å². The molecule has 0 aliphatic rings. The minimum absolute atomic E-state index is 0.273. The van der Waals surface area contributed by atoms with E-state index in [1.165, 1.54) is 33.5 Å². The second kappa shape index (κ2) is 10.6. The summed E-state index contributed by atoms with van der Waals surface area (Å²) in [5, 5.41) is 0.402. The lowest BCUT2D eigenvalue weighted by Crippen LogP contribution is -2.04. The lowest BCUT2D eigenvalue weighted by atomic mass is 10.1. The van der Waals surface area contributed by atoms with E-state index in [0.717, 1.165) is 12.0 Å². The van der Waals surface area contributed by atoms with E-state index in [2.05, 4.69) is 6.58 Å². The molecule has 0 atom stereocenters. The summed E-state index contributed by atoms with van der Waals surface area (Å²) in [6.07, 6.45) is 3.14. The van der Waals surface area contributed by atoms with Gasteiger partial charge in [-0.2, -0.15) is 0 Å². The molecular weight excluding hydrogens is 396 g/mol. The minimum Gasteiger partial charge on any atom is -0.493 e. The minimum atomic E-state index is -0.517. The first kappa shape index (κ1) is 22.4. The second-order valence-electron chi connectivity index (χ2n) is 6.00. The Morgan fingerprint density at radius 1 is 1.07 bits per heavy atom. The van der Waals surface area contributed by atoms with Crippen molar-refractivity contribution in [1.29, 1.82) is 0 Å². The molecule has 0 amide bonds. The van der Waals surface area contributed by atoms with Crippen molar-refractivity contribution in [3.05, 3.63) is 53.1 Å². The Balaban J connectivity index is 2.51.